The molecule has 1 aromatic carbocycles. The summed E-state index contributed by atoms with van der Waals surface area (Å²) in [6.07, 6.45) is 2.97. The fourth-order valence-electron chi connectivity index (χ4n) is 3.29. The Morgan fingerprint density at radius 2 is 2.00 bits per heavy atom. The SMILES string of the molecule is Cc1ccc(S(=O)(=O)N[C@@H]2CC[C@@H](CC(=O)NCc3ccncn3)O[C@@H]2CO)cc1. The lowest BCUT2D eigenvalue weighted by molar-refractivity contribution is -0.130. The zero-order chi connectivity index (χ0) is 21.6. The topological polar surface area (TPSA) is 131 Å². The largest absolute Gasteiger partial charge is 0.394 e. The molecule has 1 aliphatic heterocycles. The summed E-state index contributed by atoms with van der Waals surface area (Å²) < 4.78 is 33.7. The van der Waals surface area contributed by atoms with Gasteiger partial charge in [-0.15, -0.1) is 0 Å². The van der Waals surface area contributed by atoms with Crippen molar-refractivity contribution in [2.24, 2.45) is 0 Å². The molecule has 2 aromatic rings. The van der Waals surface area contributed by atoms with Crippen molar-refractivity contribution in [2.75, 3.05) is 6.61 Å². The fourth-order valence-corrected chi connectivity index (χ4v) is 4.59. The van der Waals surface area contributed by atoms with Gasteiger partial charge in [0.1, 0.15) is 6.33 Å². The standard InChI is InChI=1S/C20H26N4O5S/c1-14-2-5-17(6-3-14)30(27,28)24-18-7-4-16(29-19(18)12-25)10-20(26)22-11-15-8-9-21-13-23-15/h2-3,5-6,8-9,13,16,18-19,24-25H,4,7,10-12H2,1H3,(H,22,26)/t16-,18+,19+/m0/s1. The highest BCUT2D eigenvalue weighted by molar-refractivity contribution is 7.89. The molecule has 30 heavy (non-hydrogen) atoms. The number of amides is 1. The van der Waals surface area contributed by atoms with Crippen molar-refractivity contribution in [3.05, 3.63) is 54.1 Å². The van der Waals surface area contributed by atoms with E-state index in [2.05, 4.69) is 20.0 Å². The second-order valence-electron chi connectivity index (χ2n) is 7.28. The van der Waals surface area contributed by atoms with E-state index < -0.39 is 28.3 Å². The molecule has 0 saturated carbocycles. The molecule has 3 rings (SSSR count). The predicted molar refractivity (Wildman–Crippen MR) is 109 cm³/mol. The Bertz CT molecular complexity index is 937. The van der Waals surface area contributed by atoms with Crippen LogP contribution in [-0.2, 0) is 26.1 Å². The van der Waals surface area contributed by atoms with Crippen molar-refractivity contribution >= 4 is 15.9 Å². The second kappa shape index (κ2) is 10.1. The molecule has 0 aliphatic carbocycles. The normalized spacial score (nSPS) is 21.9. The molecule has 1 aliphatic rings. The quantitative estimate of drug-likeness (QED) is 0.557. The Hall–Kier alpha value is -2.40. The smallest absolute Gasteiger partial charge is 0.240 e. The average Bonchev–Trinajstić information content (AvgIpc) is 2.74. The van der Waals surface area contributed by atoms with Gasteiger partial charge in [0.2, 0.25) is 15.9 Å². The second-order valence-corrected chi connectivity index (χ2v) is 8.99. The van der Waals surface area contributed by atoms with Crippen LogP contribution in [-0.4, -0.2) is 54.3 Å². The van der Waals surface area contributed by atoms with Crippen molar-refractivity contribution < 1.29 is 23.1 Å². The van der Waals surface area contributed by atoms with Gasteiger partial charge in [-0.05, 0) is 38.0 Å². The van der Waals surface area contributed by atoms with Gasteiger partial charge in [-0.25, -0.2) is 23.1 Å². The summed E-state index contributed by atoms with van der Waals surface area (Å²) in [6, 6.07) is 7.68. The molecule has 1 aromatic heterocycles. The van der Waals surface area contributed by atoms with Gasteiger partial charge in [-0.3, -0.25) is 4.79 Å². The summed E-state index contributed by atoms with van der Waals surface area (Å²) in [5, 5.41) is 12.5. The number of hydrogen-bond acceptors (Lipinski definition) is 7. The van der Waals surface area contributed by atoms with Crippen LogP contribution < -0.4 is 10.0 Å². The highest BCUT2D eigenvalue weighted by Gasteiger charge is 2.34. The summed E-state index contributed by atoms with van der Waals surface area (Å²) in [6.45, 7) is 1.82. The zero-order valence-electron chi connectivity index (χ0n) is 16.7. The number of hydrogen-bond donors (Lipinski definition) is 3. The van der Waals surface area contributed by atoms with Crippen LogP contribution in [0.1, 0.15) is 30.5 Å². The van der Waals surface area contributed by atoms with E-state index in [9.17, 15) is 18.3 Å². The van der Waals surface area contributed by atoms with Crippen LogP contribution in [0.2, 0.25) is 0 Å². The number of aromatic nitrogens is 2. The first-order chi connectivity index (χ1) is 14.4. The van der Waals surface area contributed by atoms with E-state index in [4.69, 9.17) is 4.74 Å². The molecule has 3 N–H and O–H groups in total. The highest BCUT2D eigenvalue weighted by Crippen LogP contribution is 2.23. The minimum Gasteiger partial charge on any atom is -0.394 e. The Kier molecular flexibility index (Phi) is 7.48. The molecule has 1 fully saturated rings. The van der Waals surface area contributed by atoms with Crippen molar-refractivity contribution in [3.8, 4) is 0 Å². The van der Waals surface area contributed by atoms with Crippen LogP contribution in [0.4, 0.5) is 0 Å². The first kappa shape index (κ1) is 22.3. The zero-order valence-corrected chi connectivity index (χ0v) is 17.5. The number of sulfonamides is 1. The van der Waals surface area contributed by atoms with Crippen LogP contribution in [0.3, 0.4) is 0 Å². The van der Waals surface area contributed by atoms with Crippen molar-refractivity contribution in [1.29, 1.82) is 0 Å². The maximum atomic E-state index is 12.6. The predicted octanol–water partition coefficient (Wildman–Crippen LogP) is 0.678. The molecule has 9 nitrogen and oxygen atoms in total. The number of carbonyl (C=O) groups excluding carboxylic acids is 1. The molecule has 0 spiro atoms. The summed E-state index contributed by atoms with van der Waals surface area (Å²) in [4.78, 5) is 20.2. The minimum absolute atomic E-state index is 0.124. The number of aryl methyl sites for hydroxylation is 1. The van der Waals surface area contributed by atoms with Crippen LogP contribution >= 0.6 is 0 Å². The molecular formula is C20H26N4O5S. The Morgan fingerprint density at radius 1 is 1.23 bits per heavy atom. The lowest BCUT2D eigenvalue weighted by Crippen LogP contribution is -2.51. The molecular weight excluding hydrogens is 408 g/mol. The van der Waals surface area contributed by atoms with Gasteiger partial charge < -0.3 is 15.2 Å². The molecule has 1 amide bonds. The maximum Gasteiger partial charge on any atom is 0.240 e. The summed E-state index contributed by atoms with van der Waals surface area (Å²) >= 11 is 0. The van der Waals surface area contributed by atoms with Crippen LogP contribution in [0.5, 0.6) is 0 Å². The maximum absolute atomic E-state index is 12.6. The van der Waals surface area contributed by atoms with Gasteiger partial charge >= 0.3 is 0 Å². The van der Waals surface area contributed by atoms with E-state index in [-0.39, 0.29) is 30.4 Å². The van der Waals surface area contributed by atoms with Gasteiger partial charge in [-0.2, -0.15) is 0 Å². The van der Waals surface area contributed by atoms with Crippen LogP contribution in [0.25, 0.3) is 0 Å². The lowest BCUT2D eigenvalue weighted by Gasteiger charge is -2.35. The number of ether oxygens (including phenoxy) is 1. The Morgan fingerprint density at radius 3 is 2.67 bits per heavy atom. The number of nitrogens with one attached hydrogen (secondary N) is 2. The number of rotatable bonds is 8. The molecule has 0 bridgehead atoms. The number of benzene rings is 1. The van der Waals surface area contributed by atoms with E-state index in [1.807, 2.05) is 6.92 Å². The first-order valence-corrected chi connectivity index (χ1v) is 11.2. The third kappa shape index (κ3) is 6.05. The van der Waals surface area contributed by atoms with E-state index in [1.54, 1.807) is 36.5 Å². The summed E-state index contributed by atoms with van der Waals surface area (Å²) in [5.41, 5.74) is 1.66. The number of nitrogens with zero attached hydrogens (tertiary/aromatic N) is 2. The minimum atomic E-state index is -3.73. The molecule has 0 radical (unpaired) electrons. The van der Waals surface area contributed by atoms with E-state index in [0.29, 0.717) is 18.5 Å². The van der Waals surface area contributed by atoms with E-state index in [0.717, 1.165) is 5.56 Å². The van der Waals surface area contributed by atoms with Gasteiger partial charge in [0.15, 0.2) is 0 Å². The third-order valence-electron chi connectivity index (χ3n) is 4.96. The number of aliphatic hydroxyl groups excluding tert-OH is 1. The molecule has 10 heteroatoms. The summed E-state index contributed by atoms with van der Waals surface area (Å²) in [5.74, 6) is -0.200. The van der Waals surface area contributed by atoms with Crippen molar-refractivity contribution in [3.63, 3.8) is 0 Å². The van der Waals surface area contributed by atoms with Crippen molar-refractivity contribution in [1.82, 2.24) is 20.0 Å². The molecule has 3 atom stereocenters. The average molecular weight is 435 g/mol. The lowest BCUT2D eigenvalue weighted by atomic mass is 9.98. The van der Waals surface area contributed by atoms with E-state index >= 15 is 0 Å². The number of aliphatic hydroxyl groups is 1. The van der Waals surface area contributed by atoms with E-state index in [1.165, 1.54) is 6.33 Å². The molecule has 2 heterocycles. The van der Waals surface area contributed by atoms with Crippen molar-refractivity contribution in [2.45, 2.75) is 55.9 Å². The highest BCUT2D eigenvalue weighted by atomic mass is 32.2. The Labute approximate surface area is 176 Å². The first-order valence-electron chi connectivity index (χ1n) is 9.74. The monoisotopic (exact) mass is 434 g/mol. The van der Waals surface area contributed by atoms with Gasteiger partial charge in [0.25, 0.3) is 0 Å². The summed E-state index contributed by atoms with van der Waals surface area (Å²) in [7, 11) is -3.73. The van der Waals surface area contributed by atoms with Crippen LogP contribution in [0, 0.1) is 6.92 Å². The molecule has 162 valence electrons. The molecule has 0 unspecified atom stereocenters. The Balaban J connectivity index is 1.53. The fraction of sp³-hybridized carbons (Fsp3) is 0.450. The molecule has 1 saturated heterocycles. The van der Waals surface area contributed by atoms with Crippen LogP contribution in [0.15, 0.2) is 47.8 Å². The third-order valence-corrected chi connectivity index (χ3v) is 6.46. The number of carbonyl (C=O) groups is 1. The van der Waals surface area contributed by atoms with Gasteiger partial charge in [0, 0.05) is 6.20 Å². The van der Waals surface area contributed by atoms with Gasteiger partial charge in [0.05, 0.1) is 48.4 Å². The van der Waals surface area contributed by atoms with Gasteiger partial charge in [-0.1, -0.05) is 17.7 Å².